The Morgan fingerprint density at radius 2 is 2.00 bits per heavy atom. The number of hydrogen-bond donors (Lipinski definition) is 2. The van der Waals surface area contributed by atoms with Crippen LogP contribution in [0.25, 0.3) is 0 Å². The van der Waals surface area contributed by atoms with Gasteiger partial charge in [0.15, 0.2) is 0 Å². The Kier molecular flexibility index (Phi) is 5.33. The fraction of sp³-hybridized carbons (Fsp3) is 1.00. The van der Waals surface area contributed by atoms with E-state index in [0.29, 0.717) is 45.6 Å². The normalized spacial score (nSPS) is 20.7. The minimum Gasteiger partial charge on any atom is -0.381 e. The first-order valence-electron chi connectivity index (χ1n) is 5.93. The van der Waals surface area contributed by atoms with Gasteiger partial charge in [-0.05, 0) is 32.7 Å². The highest BCUT2D eigenvalue weighted by Crippen LogP contribution is 2.21. The summed E-state index contributed by atoms with van der Waals surface area (Å²) in [5.41, 5.74) is 4.98. The van der Waals surface area contributed by atoms with E-state index < -0.39 is 15.7 Å². The van der Waals surface area contributed by atoms with Gasteiger partial charge in [0.2, 0.25) is 0 Å². The second-order valence-electron chi connectivity index (χ2n) is 4.74. The van der Waals surface area contributed by atoms with E-state index in [-0.39, 0.29) is 0 Å². The van der Waals surface area contributed by atoms with Crippen LogP contribution in [0, 0.1) is 0 Å². The van der Waals surface area contributed by atoms with E-state index in [0.717, 1.165) is 0 Å². The quantitative estimate of drug-likeness (QED) is 0.689. The van der Waals surface area contributed by atoms with Crippen LogP contribution < -0.4 is 10.5 Å². The predicted molar refractivity (Wildman–Crippen MR) is 66.8 cm³/mol. The molecule has 0 aromatic rings. The van der Waals surface area contributed by atoms with E-state index >= 15 is 0 Å². The van der Waals surface area contributed by atoms with Crippen molar-refractivity contribution in [1.82, 2.24) is 9.03 Å². The number of rotatable bonds is 6. The minimum absolute atomic E-state index is 0.395. The lowest BCUT2D eigenvalue weighted by molar-refractivity contribution is 0.0532. The fourth-order valence-electron chi connectivity index (χ4n) is 1.75. The first-order chi connectivity index (χ1) is 7.90. The van der Waals surface area contributed by atoms with Gasteiger partial charge in [-0.15, -0.1) is 0 Å². The zero-order chi connectivity index (χ0) is 12.9. The van der Waals surface area contributed by atoms with Gasteiger partial charge in [0.25, 0.3) is 10.2 Å². The Balaban J connectivity index is 2.58. The summed E-state index contributed by atoms with van der Waals surface area (Å²) < 4.78 is 33.4. The van der Waals surface area contributed by atoms with Crippen LogP contribution in [0.3, 0.4) is 0 Å². The third kappa shape index (κ3) is 4.51. The van der Waals surface area contributed by atoms with Crippen molar-refractivity contribution in [2.45, 2.75) is 31.7 Å². The molecule has 3 N–H and O–H groups in total. The molecule has 0 radical (unpaired) electrons. The Bertz CT molecular complexity index is 326. The Labute approximate surface area is 104 Å². The van der Waals surface area contributed by atoms with Crippen molar-refractivity contribution in [3.05, 3.63) is 0 Å². The molecular formula is C10H23N3O3S. The molecule has 1 aliphatic rings. The average molecular weight is 265 g/mol. The van der Waals surface area contributed by atoms with Crippen molar-refractivity contribution in [1.29, 1.82) is 0 Å². The van der Waals surface area contributed by atoms with Crippen molar-refractivity contribution >= 4 is 10.2 Å². The number of nitrogens with zero attached hydrogens (tertiary/aromatic N) is 1. The lowest BCUT2D eigenvalue weighted by Gasteiger charge is -2.35. The van der Waals surface area contributed by atoms with Gasteiger partial charge in [-0.2, -0.15) is 17.4 Å². The number of ether oxygens (including phenoxy) is 1. The molecular weight excluding hydrogens is 242 g/mol. The summed E-state index contributed by atoms with van der Waals surface area (Å²) in [7, 11) is -1.85. The van der Waals surface area contributed by atoms with E-state index in [1.54, 1.807) is 7.05 Å². The second-order valence-corrected chi connectivity index (χ2v) is 6.52. The molecule has 0 aromatic heterocycles. The maximum Gasteiger partial charge on any atom is 0.279 e. The number of hydrogen-bond acceptors (Lipinski definition) is 4. The molecule has 0 unspecified atom stereocenters. The molecule has 0 aromatic carbocycles. The number of nitrogens with one attached hydrogen (secondary N) is 1. The molecule has 1 rings (SSSR count). The van der Waals surface area contributed by atoms with Crippen LogP contribution in [0.4, 0.5) is 0 Å². The van der Waals surface area contributed by atoms with Gasteiger partial charge in [-0.1, -0.05) is 0 Å². The highest BCUT2D eigenvalue weighted by Gasteiger charge is 2.33. The average Bonchev–Trinajstić information content (AvgIpc) is 2.25. The van der Waals surface area contributed by atoms with Crippen molar-refractivity contribution < 1.29 is 13.2 Å². The molecule has 6 nitrogen and oxygen atoms in total. The van der Waals surface area contributed by atoms with Crippen LogP contribution in [0.2, 0.25) is 0 Å². The van der Waals surface area contributed by atoms with Crippen molar-refractivity contribution in [3.63, 3.8) is 0 Å². The van der Waals surface area contributed by atoms with Gasteiger partial charge in [0.05, 0.1) is 0 Å². The molecule has 102 valence electrons. The summed E-state index contributed by atoms with van der Waals surface area (Å²) in [4.78, 5) is 0. The van der Waals surface area contributed by atoms with Crippen LogP contribution in [0.5, 0.6) is 0 Å². The van der Waals surface area contributed by atoms with Crippen LogP contribution >= 0.6 is 0 Å². The van der Waals surface area contributed by atoms with E-state index in [4.69, 9.17) is 10.5 Å². The molecule has 0 atom stereocenters. The van der Waals surface area contributed by atoms with E-state index in [1.807, 2.05) is 6.92 Å². The molecule has 0 spiro atoms. The SMILES string of the molecule is CN(CCCN)S(=O)(=O)NC1(C)CCOCC1. The third-order valence-electron chi connectivity index (χ3n) is 3.06. The Hall–Kier alpha value is -0.210. The second kappa shape index (κ2) is 6.10. The van der Waals surface area contributed by atoms with Gasteiger partial charge in [-0.3, -0.25) is 0 Å². The summed E-state index contributed by atoms with van der Waals surface area (Å²) in [6, 6.07) is 0. The van der Waals surface area contributed by atoms with Crippen LogP contribution in [0.1, 0.15) is 26.2 Å². The molecule has 7 heteroatoms. The first kappa shape index (κ1) is 14.8. The molecule has 0 aliphatic carbocycles. The fourth-order valence-corrected chi connectivity index (χ4v) is 3.10. The Morgan fingerprint density at radius 1 is 1.41 bits per heavy atom. The molecule has 1 aliphatic heterocycles. The largest absolute Gasteiger partial charge is 0.381 e. The maximum atomic E-state index is 12.0. The van der Waals surface area contributed by atoms with Gasteiger partial charge in [0.1, 0.15) is 0 Å². The first-order valence-corrected chi connectivity index (χ1v) is 7.37. The summed E-state index contributed by atoms with van der Waals surface area (Å²) >= 11 is 0. The zero-order valence-corrected chi connectivity index (χ0v) is 11.4. The van der Waals surface area contributed by atoms with E-state index in [9.17, 15) is 8.42 Å². The van der Waals surface area contributed by atoms with E-state index in [2.05, 4.69) is 4.72 Å². The molecule has 0 bridgehead atoms. The molecule has 0 saturated carbocycles. The van der Waals surface area contributed by atoms with Crippen molar-refractivity contribution in [3.8, 4) is 0 Å². The molecule has 1 saturated heterocycles. The lowest BCUT2D eigenvalue weighted by Crippen LogP contribution is -2.53. The van der Waals surface area contributed by atoms with Crippen LogP contribution in [-0.2, 0) is 14.9 Å². The summed E-state index contributed by atoms with van der Waals surface area (Å²) in [6.45, 7) is 4.06. The topological polar surface area (TPSA) is 84.7 Å². The lowest BCUT2D eigenvalue weighted by atomic mass is 9.94. The predicted octanol–water partition coefficient (Wildman–Crippen LogP) is -0.329. The molecule has 0 amide bonds. The molecule has 1 fully saturated rings. The van der Waals surface area contributed by atoms with Crippen LogP contribution in [-0.4, -0.2) is 51.6 Å². The summed E-state index contributed by atoms with van der Waals surface area (Å²) in [5, 5.41) is 0. The smallest absolute Gasteiger partial charge is 0.279 e. The van der Waals surface area contributed by atoms with Crippen molar-refractivity contribution in [2.24, 2.45) is 5.73 Å². The van der Waals surface area contributed by atoms with Gasteiger partial charge < -0.3 is 10.5 Å². The standard InChI is InChI=1S/C10H23N3O3S/c1-10(4-8-16-9-5-10)12-17(14,15)13(2)7-3-6-11/h12H,3-9,11H2,1-2H3. The molecule has 17 heavy (non-hydrogen) atoms. The van der Waals surface area contributed by atoms with Gasteiger partial charge in [-0.25, -0.2) is 0 Å². The van der Waals surface area contributed by atoms with E-state index in [1.165, 1.54) is 4.31 Å². The van der Waals surface area contributed by atoms with Crippen molar-refractivity contribution in [2.75, 3.05) is 33.4 Å². The maximum absolute atomic E-state index is 12.0. The summed E-state index contributed by atoms with van der Waals surface area (Å²) in [6.07, 6.45) is 2.07. The minimum atomic E-state index is -3.42. The van der Waals surface area contributed by atoms with Gasteiger partial charge >= 0.3 is 0 Å². The number of nitrogens with two attached hydrogens (primary N) is 1. The monoisotopic (exact) mass is 265 g/mol. The van der Waals surface area contributed by atoms with Gasteiger partial charge in [0, 0.05) is 32.3 Å². The summed E-state index contributed by atoms with van der Waals surface area (Å²) in [5.74, 6) is 0. The molecule has 1 heterocycles. The Morgan fingerprint density at radius 3 is 2.53 bits per heavy atom. The highest BCUT2D eigenvalue weighted by molar-refractivity contribution is 7.87. The zero-order valence-electron chi connectivity index (χ0n) is 10.6. The van der Waals surface area contributed by atoms with Crippen LogP contribution in [0.15, 0.2) is 0 Å². The third-order valence-corrected chi connectivity index (χ3v) is 4.81. The highest BCUT2D eigenvalue weighted by atomic mass is 32.2.